The van der Waals surface area contributed by atoms with Crippen LogP contribution in [0.25, 0.3) is 0 Å². The molecule has 0 saturated heterocycles. The van der Waals surface area contributed by atoms with Crippen molar-refractivity contribution >= 4 is 27.5 Å². The molecule has 3 rings (SSSR count). The first kappa shape index (κ1) is 18.6. The highest BCUT2D eigenvalue weighted by Crippen LogP contribution is 2.42. The molecular weight excluding hydrogens is 413 g/mol. The van der Waals surface area contributed by atoms with Gasteiger partial charge in [-0.2, -0.15) is 23.3 Å². The summed E-state index contributed by atoms with van der Waals surface area (Å²) in [7, 11) is 0. The molecule has 0 aliphatic carbocycles. The molecule has 2 aromatic carbocycles. The summed E-state index contributed by atoms with van der Waals surface area (Å²) < 4.78 is 41.3. The lowest BCUT2D eigenvalue weighted by Crippen LogP contribution is -2.56. The number of aryl methyl sites for hydroxylation is 1. The van der Waals surface area contributed by atoms with Crippen LogP contribution in [0, 0.1) is 6.92 Å². The summed E-state index contributed by atoms with van der Waals surface area (Å²) in [6.07, 6.45) is -5.90. The Balaban J connectivity index is 2.05. The lowest BCUT2D eigenvalue weighted by molar-refractivity contribution is -0.297. The second kappa shape index (κ2) is 6.51. The summed E-state index contributed by atoms with van der Waals surface area (Å²) in [5.41, 5.74) is -2.07. The average molecular weight is 427 g/mol. The Morgan fingerprint density at radius 1 is 1.23 bits per heavy atom. The first-order valence-corrected chi connectivity index (χ1v) is 8.45. The molecule has 136 valence electrons. The van der Waals surface area contributed by atoms with Gasteiger partial charge in [-0.3, -0.25) is 4.79 Å². The fourth-order valence-corrected chi connectivity index (χ4v) is 3.03. The van der Waals surface area contributed by atoms with Crippen LogP contribution in [0.1, 0.15) is 27.9 Å². The third kappa shape index (κ3) is 3.26. The molecule has 1 aliphatic heterocycles. The third-order valence-electron chi connectivity index (χ3n) is 4.09. The number of hydrazone groups is 1. The largest absolute Gasteiger partial charge is 0.438 e. The molecule has 0 unspecified atom stereocenters. The number of carbonyl (C=O) groups is 1. The van der Waals surface area contributed by atoms with E-state index in [4.69, 9.17) is 0 Å². The molecule has 1 atom stereocenters. The molecule has 8 heteroatoms. The number of aliphatic hydroxyl groups is 1. The van der Waals surface area contributed by atoms with Gasteiger partial charge in [0.15, 0.2) is 0 Å². The SMILES string of the molecule is Cc1ccc(C2=NN(C(=O)c3cccc(Br)c3)[C@@](O)(C(F)(F)F)C2)cc1. The first-order chi connectivity index (χ1) is 12.1. The topological polar surface area (TPSA) is 52.9 Å². The zero-order valence-corrected chi connectivity index (χ0v) is 15.2. The number of carbonyl (C=O) groups excluding carboxylic acids is 1. The number of amides is 1. The van der Waals surface area contributed by atoms with Gasteiger partial charge >= 0.3 is 6.18 Å². The second-order valence-corrected chi connectivity index (χ2v) is 6.95. The Morgan fingerprint density at radius 2 is 1.88 bits per heavy atom. The van der Waals surface area contributed by atoms with Gasteiger partial charge in [-0.1, -0.05) is 51.8 Å². The first-order valence-electron chi connectivity index (χ1n) is 7.65. The van der Waals surface area contributed by atoms with Crippen molar-refractivity contribution in [1.82, 2.24) is 5.01 Å². The maximum atomic E-state index is 13.6. The summed E-state index contributed by atoms with van der Waals surface area (Å²) in [5.74, 6) is -1.03. The van der Waals surface area contributed by atoms with Crippen molar-refractivity contribution in [2.75, 3.05) is 0 Å². The number of alkyl halides is 3. The summed E-state index contributed by atoms with van der Waals surface area (Å²) in [6, 6.07) is 12.6. The maximum Gasteiger partial charge on any atom is 0.438 e. The van der Waals surface area contributed by atoms with Crippen molar-refractivity contribution in [2.45, 2.75) is 25.2 Å². The number of rotatable bonds is 2. The molecule has 26 heavy (non-hydrogen) atoms. The summed E-state index contributed by atoms with van der Waals surface area (Å²) in [6.45, 7) is 1.84. The van der Waals surface area contributed by atoms with E-state index in [1.54, 1.807) is 30.3 Å². The minimum Gasteiger partial charge on any atom is -0.362 e. The monoisotopic (exact) mass is 426 g/mol. The Morgan fingerprint density at radius 3 is 2.46 bits per heavy atom. The van der Waals surface area contributed by atoms with Crippen molar-refractivity contribution in [1.29, 1.82) is 0 Å². The molecule has 0 saturated carbocycles. The van der Waals surface area contributed by atoms with Crippen LogP contribution in [0.15, 0.2) is 58.1 Å². The van der Waals surface area contributed by atoms with Gasteiger partial charge in [0.1, 0.15) is 0 Å². The van der Waals surface area contributed by atoms with Crippen LogP contribution in [0.3, 0.4) is 0 Å². The van der Waals surface area contributed by atoms with Gasteiger partial charge in [-0.15, -0.1) is 0 Å². The van der Waals surface area contributed by atoms with E-state index in [1.165, 1.54) is 18.2 Å². The number of hydrogen-bond acceptors (Lipinski definition) is 3. The normalized spacial score (nSPS) is 20.2. The van der Waals surface area contributed by atoms with Crippen LogP contribution in [0.4, 0.5) is 13.2 Å². The lowest BCUT2D eigenvalue weighted by Gasteiger charge is -2.32. The predicted octanol–water partition coefficient (Wildman–Crippen LogP) is 4.26. The van der Waals surface area contributed by atoms with E-state index < -0.39 is 24.2 Å². The molecule has 1 aliphatic rings. The van der Waals surface area contributed by atoms with Crippen molar-refractivity contribution < 1.29 is 23.1 Å². The average Bonchev–Trinajstić information content (AvgIpc) is 2.94. The molecule has 1 amide bonds. The number of hydrogen-bond donors (Lipinski definition) is 1. The maximum absolute atomic E-state index is 13.6. The van der Waals surface area contributed by atoms with Crippen LogP contribution < -0.4 is 0 Å². The Kier molecular flexibility index (Phi) is 4.66. The van der Waals surface area contributed by atoms with Gasteiger partial charge in [0.05, 0.1) is 12.1 Å². The van der Waals surface area contributed by atoms with Crippen LogP contribution in [0.5, 0.6) is 0 Å². The van der Waals surface area contributed by atoms with Crippen LogP contribution in [-0.4, -0.2) is 33.6 Å². The molecule has 0 radical (unpaired) electrons. The minimum atomic E-state index is -5.06. The number of nitrogens with zero attached hydrogens (tertiary/aromatic N) is 2. The molecule has 4 nitrogen and oxygen atoms in total. The molecule has 0 bridgehead atoms. The molecule has 0 spiro atoms. The minimum absolute atomic E-state index is 0.00632. The Bertz CT molecular complexity index is 881. The second-order valence-electron chi connectivity index (χ2n) is 6.03. The third-order valence-corrected chi connectivity index (χ3v) is 4.58. The van der Waals surface area contributed by atoms with E-state index in [1.807, 2.05) is 6.92 Å². The fraction of sp³-hybridized carbons (Fsp3) is 0.222. The molecule has 1 heterocycles. The van der Waals surface area contributed by atoms with Crippen LogP contribution in [-0.2, 0) is 0 Å². The van der Waals surface area contributed by atoms with Gasteiger partial charge in [0, 0.05) is 10.0 Å². The van der Waals surface area contributed by atoms with Crippen LogP contribution >= 0.6 is 15.9 Å². The highest BCUT2D eigenvalue weighted by molar-refractivity contribution is 9.10. The highest BCUT2D eigenvalue weighted by Gasteiger charge is 2.63. The van der Waals surface area contributed by atoms with Crippen LogP contribution in [0.2, 0.25) is 0 Å². The number of halogens is 4. The van der Waals surface area contributed by atoms with E-state index in [2.05, 4.69) is 21.0 Å². The van der Waals surface area contributed by atoms with Gasteiger partial charge in [0.25, 0.3) is 11.6 Å². The Hall–Kier alpha value is -2.19. The smallest absolute Gasteiger partial charge is 0.362 e. The van der Waals surface area contributed by atoms with E-state index in [0.29, 0.717) is 10.0 Å². The lowest BCUT2D eigenvalue weighted by atomic mass is 10.00. The Labute approximate surface area is 156 Å². The van der Waals surface area contributed by atoms with Gasteiger partial charge in [-0.05, 0) is 30.7 Å². The number of benzene rings is 2. The van der Waals surface area contributed by atoms with Crippen molar-refractivity contribution in [3.8, 4) is 0 Å². The van der Waals surface area contributed by atoms with E-state index in [-0.39, 0.29) is 16.3 Å². The predicted molar refractivity (Wildman–Crippen MR) is 93.6 cm³/mol. The zero-order chi connectivity index (χ0) is 19.1. The zero-order valence-electron chi connectivity index (χ0n) is 13.6. The quantitative estimate of drug-likeness (QED) is 0.779. The summed E-state index contributed by atoms with van der Waals surface area (Å²) in [4.78, 5) is 12.6. The molecule has 1 N–H and O–H groups in total. The standard InChI is InChI=1S/C18H14BrF3N2O2/c1-11-5-7-12(8-6-11)15-10-17(26,18(20,21)22)24(23-15)16(25)13-3-2-4-14(19)9-13/h2-9,26H,10H2,1H3/t17-/m0/s1. The van der Waals surface area contributed by atoms with E-state index >= 15 is 0 Å². The molecular formula is C18H14BrF3N2O2. The van der Waals surface area contributed by atoms with Gasteiger partial charge in [-0.25, -0.2) is 0 Å². The molecule has 0 aromatic heterocycles. The van der Waals surface area contributed by atoms with Gasteiger partial charge < -0.3 is 5.11 Å². The fourth-order valence-electron chi connectivity index (χ4n) is 2.63. The summed E-state index contributed by atoms with van der Waals surface area (Å²) >= 11 is 3.17. The molecule has 2 aromatic rings. The van der Waals surface area contributed by atoms with Crippen molar-refractivity contribution in [3.05, 3.63) is 69.7 Å². The summed E-state index contributed by atoms with van der Waals surface area (Å²) in [5, 5.41) is 14.3. The van der Waals surface area contributed by atoms with Gasteiger partial charge in [0.2, 0.25) is 0 Å². The van der Waals surface area contributed by atoms with E-state index in [0.717, 1.165) is 5.56 Å². The highest BCUT2D eigenvalue weighted by atomic mass is 79.9. The van der Waals surface area contributed by atoms with E-state index in [9.17, 15) is 23.1 Å². The van der Waals surface area contributed by atoms with Crippen molar-refractivity contribution in [2.24, 2.45) is 5.10 Å². The van der Waals surface area contributed by atoms with Crippen molar-refractivity contribution in [3.63, 3.8) is 0 Å². The molecule has 0 fully saturated rings.